The quantitative estimate of drug-likeness (QED) is 0.714. The van der Waals surface area contributed by atoms with Crippen molar-refractivity contribution < 1.29 is 23.5 Å². The fraction of sp³-hybridized carbons (Fsp3) is 0.500. The van der Waals surface area contributed by atoms with E-state index in [-0.39, 0.29) is 24.6 Å². The zero-order valence-electron chi connectivity index (χ0n) is 18.1. The summed E-state index contributed by atoms with van der Waals surface area (Å²) in [4.78, 5) is 33.3. The third kappa shape index (κ3) is 4.99. The van der Waals surface area contributed by atoms with E-state index in [1.807, 2.05) is 37.1 Å². The summed E-state index contributed by atoms with van der Waals surface area (Å²) in [6.07, 6.45) is 2.96. The number of nitrogens with one attached hydrogen (secondary N) is 1. The van der Waals surface area contributed by atoms with E-state index >= 15 is 0 Å². The summed E-state index contributed by atoms with van der Waals surface area (Å²) in [6, 6.07) is 5.17. The van der Waals surface area contributed by atoms with Crippen LogP contribution in [0.25, 0.3) is 0 Å². The van der Waals surface area contributed by atoms with Crippen LogP contribution in [-0.2, 0) is 22.6 Å². The van der Waals surface area contributed by atoms with Gasteiger partial charge in [-0.25, -0.2) is 4.98 Å². The van der Waals surface area contributed by atoms with Gasteiger partial charge in [-0.3, -0.25) is 14.5 Å². The predicted molar refractivity (Wildman–Crippen MR) is 112 cm³/mol. The van der Waals surface area contributed by atoms with Gasteiger partial charge in [0, 0.05) is 32.5 Å². The molecule has 1 N–H and O–H groups in total. The smallest absolute Gasteiger partial charge is 0.245 e. The summed E-state index contributed by atoms with van der Waals surface area (Å²) in [5.74, 6) is 2.51. The van der Waals surface area contributed by atoms with Crippen molar-refractivity contribution in [1.82, 2.24) is 20.1 Å². The minimum atomic E-state index is -0.628. The summed E-state index contributed by atoms with van der Waals surface area (Å²) in [6.45, 7) is 5.34. The first-order valence-electron chi connectivity index (χ1n) is 10.4. The van der Waals surface area contributed by atoms with Crippen molar-refractivity contribution in [3.8, 4) is 11.5 Å². The molecule has 2 aliphatic rings. The van der Waals surface area contributed by atoms with E-state index in [4.69, 9.17) is 13.9 Å². The normalized spacial score (nSPS) is 18.5. The Morgan fingerprint density at radius 2 is 2.13 bits per heavy atom. The summed E-state index contributed by atoms with van der Waals surface area (Å²) in [5.41, 5.74) is 0.906. The maximum atomic E-state index is 13.3. The fourth-order valence-electron chi connectivity index (χ4n) is 4.09. The summed E-state index contributed by atoms with van der Waals surface area (Å²) in [5, 5.41) is 2.82. The molecular weight excluding hydrogens is 400 g/mol. The minimum absolute atomic E-state index is 0.0734. The van der Waals surface area contributed by atoms with Gasteiger partial charge in [0.2, 0.25) is 24.5 Å². The van der Waals surface area contributed by atoms with Crippen LogP contribution in [0.15, 0.2) is 28.8 Å². The number of benzene rings is 1. The van der Waals surface area contributed by atoms with Gasteiger partial charge in [-0.2, -0.15) is 0 Å². The number of carbonyl (C=O) groups excluding carboxylic acids is 2. The molecule has 3 heterocycles. The van der Waals surface area contributed by atoms with Crippen molar-refractivity contribution in [1.29, 1.82) is 0 Å². The van der Waals surface area contributed by atoms with Crippen LogP contribution in [-0.4, -0.2) is 65.6 Å². The number of rotatable bonds is 7. The number of carbonyl (C=O) groups is 2. The van der Waals surface area contributed by atoms with Crippen LogP contribution < -0.4 is 14.8 Å². The van der Waals surface area contributed by atoms with E-state index in [1.54, 1.807) is 6.20 Å². The molecule has 9 nitrogen and oxygen atoms in total. The molecule has 2 aliphatic heterocycles. The Labute approximate surface area is 181 Å². The lowest BCUT2D eigenvalue weighted by molar-refractivity contribution is -0.135. The molecule has 0 radical (unpaired) electrons. The third-order valence-corrected chi connectivity index (χ3v) is 5.70. The highest BCUT2D eigenvalue weighted by molar-refractivity contribution is 5.87. The number of likely N-dealkylation sites (N-methyl/N-ethyl adjacent to an activating group) is 1. The molecule has 9 heteroatoms. The zero-order valence-corrected chi connectivity index (χ0v) is 18.1. The number of hydrogen-bond donors (Lipinski definition) is 1. The topological polar surface area (TPSA) is 97.1 Å². The number of ether oxygens (including phenoxy) is 2. The van der Waals surface area contributed by atoms with Gasteiger partial charge in [-0.15, -0.1) is 0 Å². The lowest BCUT2D eigenvalue weighted by Gasteiger charge is -2.26. The van der Waals surface area contributed by atoms with Gasteiger partial charge < -0.3 is 24.1 Å². The second kappa shape index (κ2) is 8.97. The second-order valence-corrected chi connectivity index (χ2v) is 8.15. The van der Waals surface area contributed by atoms with Gasteiger partial charge in [-0.05, 0) is 38.1 Å². The van der Waals surface area contributed by atoms with Crippen molar-refractivity contribution in [3.63, 3.8) is 0 Å². The molecule has 1 aromatic carbocycles. The molecule has 2 unspecified atom stereocenters. The third-order valence-electron chi connectivity index (χ3n) is 5.70. The monoisotopic (exact) mass is 428 g/mol. The SMILES string of the molecule is CC(=O)NC(Cc1ccc2c(c1)OCO2)C(=O)N1CCC(N(C)Cc2ncc(C)o2)C1. The molecule has 1 fully saturated rings. The number of amides is 2. The molecule has 2 atom stereocenters. The number of oxazole rings is 1. The number of aryl methyl sites for hydroxylation is 1. The van der Waals surface area contributed by atoms with E-state index in [2.05, 4.69) is 15.2 Å². The Bertz CT molecular complexity index is 959. The number of fused-ring (bicyclic) bond motifs is 1. The predicted octanol–water partition coefficient (Wildman–Crippen LogP) is 1.49. The highest BCUT2D eigenvalue weighted by Gasteiger charge is 2.33. The highest BCUT2D eigenvalue weighted by Crippen LogP contribution is 2.33. The van der Waals surface area contributed by atoms with Gasteiger partial charge in [0.15, 0.2) is 11.5 Å². The number of hydrogen-bond acceptors (Lipinski definition) is 7. The summed E-state index contributed by atoms with van der Waals surface area (Å²) in [7, 11) is 2.01. The summed E-state index contributed by atoms with van der Waals surface area (Å²) < 4.78 is 16.3. The molecule has 0 spiro atoms. The van der Waals surface area contributed by atoms with Crippen LogP contribution in [0.4, 0.5) is 0 Å². The number of nitrogens with zero attached hydrogens (tertiary/aromatic N) is 3. The Morgan fingerprint density at radius 3 is 2.87 bits per heavy atom. The molecule has 0 saturated carbocycles. The fourth-order valence-corrected chi connectivity index (χ4v) is 4.09. The van der Waals surface area contributed by atoms with Crippen LogP contribution in [0.3, 0.4) is 0 Å². The molecular formula is C22H28N4O5. The van der Waals surface area contributed by atoms with Crippen LogP contribution in [0, 0.1) is 6.92 Å². The Kier molecular flexibility index (Phi) is 6.13. The first-order valence-corrected chi connectivity index (χ1v) is 10.4. The van der Waals surface area contributed by atoms with E-state index in [0.29, 0.717) is 43.4 Å². The van der Waals surface area contributed by atoms with Crippen molar-refractivity contribution in [3.05, 3.63) is 41.6 Å². The van der Waals surface area contributed by atoms with Gasteiger partial charge in [0.1, 0.15) is 11.8 Å². The van der Waals surface area contributed by atoms with Crippen LogP contribution >= 0.6 is 0 Å². The molecule has 166 valence electrons. The van der Waals surface area contributed by atoms with E-state index in [0.717, 1.165) is 17.7 Å². The molecule has 4 rings (SSSR count). The van der Waals surface area contributed by atoms with Crippen molar-refractivity contribution >= 4 is 11.8 Å². The Hall–Kier alpha value is -3.07. The average Bonchev–Trinajstić information content (AvgIpc) is 3.47. The van der Waals surface area contributed by atoms with Crippen molar-refractivity contribution in [2.75, 3.05) is 26.9 Å². The lowest BCUT2D eigenvalue weighted by atomic mass is 10.0. The van der Waals surface area contributed by atoms with Crippen molar-refractivity contribution in [2.24, 2.45) is 0 Å². The highest BCUT2D eigenvalue weighted by atomic mass is 16.7. The maximum Gasteiger partial charge on any atom is 0.245 e. The number of aromatic nitrogens is 1. The number of likely N-dealkylation sites (tertiary alicyclic amines) is 1. The van der Waals surface area contributed by atoms with E-state index in [1.165, 1.54) is 6.92 Å². The Balaban J connectivity index is 1.39. The first kappa shape index (κ1) is 21.2. The second-order valence-electron chi connectivity index (χ2n) is 8.15. The molecule has 0 aliphatic carbocycles. The van der Waals surface area contributed by atoms with Gasteiger partial charge in [0.25, 0.3) is 0 Å². The van der Waals surface area contributed by atoms with Gasteiger partial charge in [0.05, 0.1) is 12.7 Å². The largest absolute Gasteiger partial charge is 0.454 e. The minimum Gasteiger partial charge on any atom is -0.454 e. The van der Waals surface area contributed by atoms with Crippen molar-refractivity contribution in [2.45, 2.75) is 45.3 Å². The van der Waals surface area contributed by atoms with Gasteiger partial charge in [-0.1, -0.05) is 6.07 Å². The molecule has 1 aromatic heterocycles. The lowest BCUT2D eigenvalue weighted by Crippen LogP contribution is -2.49. The van der Waals surface area contributed by atoms with Crippen LogP contribution in [0.1, 0.15) is 30.6 Å². The van der Waals surface area contributed by atoms with Crippen LogP contribution in [0.5, 0.6) is 11.5 Å². The molecule has 2 amide bonds. The summed E-state index contributed by atoms with van der Waals surface area (Å²) >= 11 is 0. The van der Waals surface area contributed by atoms with E-state index < -0.39 is 6.04 Å². The first-order chi connectivity index (χ1) is 14.9. The van der Waals surface area contributed by atoms with E-state index in [9.17, 15) is 9.59 Å². The molecule has 0 bridgehead atoms. The average molecular weight is 428 g/mol. The van der Waals surface area contributed by atoms with Gasteiger partial charge >= 0.3 is 0 Å². The molecule has 2 aromatic rings. The standard InChI is InChI=1S/C22H28N4O5/c1-14-10-23-21(31-14)12-25(3)17-6-7-26(11-17)22(28)18(24-15(2)27)8-16-4-5-19-20(9-16)30-13-29-19/h4-5,9-10,17-18H,6-8,11-13H2,1-3H3,(H,24,27). The Morgan fingerprint density at radius 1 is 1.32 bits per heavy atom. The zero-order chi connectivity index (χ0) is 22.0. The molecule has 31 heavy (non-hydrogen) atoms. The maximum absolute atomic E-state index is 13.3. The molecule has 1 saturated heterocycles. The van der Waals surface area contributed by atoms with Crippen LogP contribution in [0.2, 0.25) is 0 Å².